The number of nitrogens with zero attached hydrogens (tertiary/aromatic N) is 4. The highest BCUT2D eigenvalue weighted by atomic mass is 16.5. The molecule has 1 unspecified atom stereocenters. The van der Waals surface area contributed by atoms with Gasteiger partial charge in [-0.05, 0) is 19.4 Å². The summed E-state index contributed by atoms with van der Waals surface area (Å²) in [6.07, 6.45) is 4.45. The van der Waals surface area contributed by atoms with Crippen LogP contribution in [-0.4, -0.2) is 53.6 Å². The smallest absolute Gasteiger partial charge is 0.191 e. The van der Waals surface area contributed by atoms with Gasteiger partial charge in [-0.1, -0.05) is 25.1 Å². The van der Waals surface area contributed by atoms with Gasteiger partial charge >= 0.3 is 0 Å². The fourth-order valence-corrected chi connectivity index (χ4v) is 3.35. The summed E-state index contributed by atoms with van der Waals surface area (Å²) in [4.78, 5) is 4.76. The quantitative estimate of drug-likeness (QED) is 0.362. The lowest BCUT2D eigenvalue weighted by atomic mass is 10.0. The van der Waals surface area contributed by atoms with Gasteiger partial charge < -0.3 is 24.7 Å². The highest BCUT2D eigenvalue weighted by Crippen LogP contribution is 2.31. The van der Waals surface area contributed by atoms with Crippen molar-refractivity contribution in [1.29, 1.82) is 0 Å². The lowest BCUT2D eigenvalue weighted by molar-refractivity contribution is 0.146. The van der Waals surface area contributed by atoms with Crippen molar-refractivity contribution < 1.29 is 9.47 Å². The van der Waals surface area contributed by atoms with E-state index < -0.39 is 0 Å². The molecule has 8 nitrogen and oxygen atoms in total. The van der Waals surface area contributed by atoms with Crippen molar-refractivity contribution >= 4 is 5.96 Å². The van der Waals surface area contributed by atoms with E-state index in [1.54, 1.807) is 6.33 Å². The average molecular weight is 401 g/mol. The second-order valence-electron chi connectivity index (χ2n) is 6.87. The maximum Gasteiger partial charge on any atom is 0.191 e. The van der Waals surface area contributed by atoms with Crippen molar-refractivity contribution in [1.82, 2.24) is 25.4 Å². The van der Waals surface area contributed by atoms with Crippen LogP contribution < -0.4 is 15.4 Å². The van der Waals surface area contributed by atoms with Gasteiger partial charge in [0.2, 0.25) is 0 Å². The number of fused-ring (bicyclic) bond motifs is 1. The van der Waals surface area contributed by atoms with Crippen LogP contribution in [0.3, 0.4) is 0 Å². The number of rotatable bonds is 10. The van der Waals surface area contributed by atoms with Crippen molar-refractivity contribution in [2.24, 2.45) is 4.99 Å². The Morgan fingerprint density at radius 3 is 3.10 bits per heavy atom. The SMILES string of the molecule is CCOCCCN=C(NCCn1cnnc1CC)NC1CCOc2ccccc21. The maximum atomic E-state index is 5.78. The van der Waals surface area contributed by atoms with E-state index in [0.717, 1.165) is 63.1 Å². The maximum absolute atomic E-state index is 5.78. The molecule has 3 rings (SSSR count). The number of aliphatic imine (C=N–C) groups is 1. The van der Waals surface area contributed by atoms with Crippen molar-refractivity contribution in [2.45, 2.75) is 45.7 Å². The minimum Gasteiger partial charge on any atom is -0.493 e. The molecule has 0 radical (unpaired) electrons. The fourth-order valence-electron chi connectivity index (χ4n) is 3.35. The second kappa shape index (κ2) is 11.4. The average Bonchev–Trinajstić information content (AvgIpc) is 3.21. The van der Waals surface area contributed by atoms with E-state index >= 15 is 0 Å². The molecule has 1 aliphatic heterocycles. The summed E-state index contributed by atoms with van der Waals surface area (Å²) >= 11 is 0. The van der Waals surface area contributed by atoms with Gasteiger partial charge in [0.25, 0.3) is 0 Å². The number of hydrogen-bond acceptors (Lipinski definition) is 5. The molecule has 158 valence electrons. The van der Waals surface area contributed by atoms with Crippen LogP contribution in [0.1, 0.15) is 44.1 Å². The largest absolute Gasteiger partial charge is 0.493 e. The van der Waals surface area contributed by atoms with Crippen molar-refractivity contribution in [3.63, 3.8) is 0 Å². The number of nitrogens with one attached hydrogen (secondary N) is 2. The molecular formula is C21H32N6O2. The van der Waals surface area contributed by atoms with Crippen LogP contribution in [0.15, 0.2) is 35.6 Å². The summed E-state index contributed by atoms with van der Waals surface area (Å²) in [5, 5.41) is 15.2. The third-order valence-corrected chi connectivity index (χ3v) is 4.85. The highest BCUT2D eigenvalue weighted by Gasteiger charge is 2.21. The van der Waals surface area contributed by atoms with Crippen molar-refractivity contribution in [3.8, 4) is 5.75 Å². The van der Waals surface area contributed by atoms with Gasteiger partial charge in [-0.15, -0.1) is 10.2 Å². The lowest BCUT2D eigenvalue weighted by Crippen LogP contribution is -2.42. The zero-order valence-corrected chi connectivity index (χ0v) is 17.4. The van der Waals surface area contributed by atoms with E-state index in [-0.39, 0.29) is 6.04 Å². The summed E-state index contributed by atoms with van der Waals surface area (Å²) in [5.41, 5.74) is 1.18. The first kappa shape index (κ1) is 21.1. The summed E-state index contributed by atoms with van der Waals surface area (Å²) in [6, 6.07) is 8.37. The van der Waals surface area contributed by atoms with E-state index in [1.807, 2.05) is 25.1 Å². The molecular weight excluding hydrogens is 368 g/mol. The van der Waals surface area contributed by atoms with E-state index in [0.29, 0.717) is 13.2 Å². The standard InChI is InChI=1S/C21H32N6O2/c1-3-20-26-24-16-27(20)13-12-23-21(22-11-7-14-28-4-2)25-18-10-15-29-19-9-6-5-8-17(18)19/h5-6,8-9,16,18H,3-4,7,10-15H2,1-2H3,(H2,22,23,25). The number of ether oxygens (including phenoxy) is 2. The molecule has 29 heavy (non-hydrogen) atoms. The zero-order chi connectivity index (χ0) is 20.3. The van der Waals surface area contributed by atoms with Crippen molar-refractivity contribution in [2.75, 3.05) is 32.9 Å². The molecule has 0 fully saturated rings. The van der Waals surface area contributed by atoms with Gasteiger partial charge in [0.15, 0.2) is 5.96 Å². The number of para-hydroxylation sites is 1. The molecule has 0 saturated heterocycles. The van der Waals surface area contributed by atoms with Crippen LogP contribution in [-0.2, 0) is 17.7 Å². The Kier molecular flexibility index (Phi) is 8.30. The third kappa shape index (κ3) is 6.19. The molecule has 2 aromatic rings. The van der Waals surface area contributed by atoms with E-state index in [1.165, 1.54) is 5.56 Å². The van der Waals surface area contributed by atoms with Gasteiger partial charge in [-0.3, -0.25) is 4.99 Å². The Bertz CT molecular complexity index is 776. The molecule has 0 amide bonds. The predicted octanol–water partition coefficient (Wildman–Crippen LogP) is 2.33. The molecule has 0 aliphatic carbocycles. The Morgan fingerprint density at radius 2 is 2.24 bits per heavy atom. The van der Waals surface area contributed by atoms with Gasteiger partial charge in [0, 0.05) is 51.3 Å². The molecule has 2 N–H and O–H groups in total. The predicted molar refractivity (Wildman–Crippen MR) is 113 cm³/mol. The first-order valence-electron chi connectivity index (χ1n) is 10.5. The Morgan fingerprint density at radius 1 is 1.34 bits per heavy atom. The summed E-state index contributed by atoms with van der Waals surface area (Å²) in [6.45, 7) is 8.52. The molecule has 0 bridgehead atoms. The minimum absolute atomic E-state index is 0.180. The Labute approximate surface area is 172 Å². The number of guanidine groups is 1. The highest BCUT2D eigenvalue weighted by molar-refractivity contribution is 5.80. The normalized spacial score (nSPS) is 16.2. The van der Waals surface area contributed by atoms with Crippen LogP contribution in [0, 0.1) is 0 Å². The molecule has 2 heterocycles. The fraction of sp³-hybridized carbons (Fsp3) is 0.571. The molecule has 1 aromatic carbocycles. The monoisotopic (exact) mass is 400 g/mol. The van der Waals surface area contributed by atoms with Crippen LogP contribution in [0.2, 0.25) is 0 Å². The molecule has 1 aromatic heterocycles. The van der Waals surface area contributed by atoms with Crippen LogP contribution in [0.4, 0.5) is 0 Å². The molecule has 1 aliphatic rings. The van der Waals surface area contributed by atoms with E-state index in [4.69, 9.17) is 14.5 Å². The third-order valence-electron chi connectivity index (χ3n) is 4.85. The van der Waals surface area contributed by atoms with Crippen LogP contribution >= 0.6 is 0 Å². The van der Waals surface area contributed by atoms with Crippen molar-refractivity contribution in [3.05, 3.63) is 42.0 Å². The topological polar surface area (TPSA) is 85.6 Å². The Balaban J connectivity index is 1.61. The molecule has 8 heteroatoms. The minimum atomic E-state index is 0.180. The van der Waals surface area contributed by atoms with Gasteiger partial charge in [0.1, 0.15) is 17.9 Å². The number of hydrogen-bond donors (Lipinski definition) is 2. The number of aromatic nitrogens is 3. The molecule has 0 spiro atoms. The van der Waals surface area contributed by atoms with Gasteiger partial charge in [-0.2, -0.15) is 0 Å². The number of aryl methyl sites for hydroxylation is 1. The summed E-state index contributed by atoms with van der Waals surface area (Å²) < 4.78 is 13.3. The summed E-state index contributed by atoms with van der Waals surface area (Å²) in [7, 11) is 0. The first-order valence-corrected chi connectivity index (χ1v) is 10.5. The number of benzene rings is 1. The first-order chi connectivity index (χ1) is 14.3. The lowest BCUT2D eigenvalue weighted by Gasteiger charge is -2.28. The zero-order valence-electron chi connectivity index (χ0n) is 17.4. The van der Waals surface area contributed by atoms with E-state index in [9.17, 15) is 0 Å². The summed E-state index contributed by atoms with van der Waals surface area (Å²) in [5.74, 6) is 2.76. The van der Waals surface area contributed by atoms with Gasteiger partial charge in [0.05, 0.1) is 12.6 Å². The molecule has 0 saturated carbocycles. The van der Waals surface area contributed by atoms with E-state index in [2.05, 4.69) is 38.4 Å². The van der Waals surface area contributed by atoms with Crippen LogP contribution in [0.5, 0.6) is 5.75 Å². The second-order valence-corrected chi connectivity index (χ2v) is 6.87. The van der Waals surface area contributed by atoms with Gasteiger partial charge in [-0.25, -0.2) is 0 Å². The Hall–Kier alpha value is -2.61. The van der Waals surface area contributed by atoms with Crippen LogP contribution in [0.25, 0.3) is 0 Å². The molecule has 1 atom stereocenters.